The fraction of sp³-hybridized carbons (Fsp3) is 0.286. The van der Waals surface area contributed by atoms with Gasteiger partial charge in [-0.05, 0) is 31.2 Å². The first-order chi connectivity index (χ1) is 10.1. The monoisotopic (exact) mass is 342 g/mol. The summed E-state index contributed by atoms with van der Waals surface area (Å²) in [5.41, 5.74) is 0.815. The van der Waals surface area contributed by atoms with Gasteiger partial charge < -0.3 is 5.32 Å². The Hall–Kier alpha value is -1.24. The van der Waals surface area contributed by atoms with Crippen LogP contribution in [0.15, 0.2) is 39.3 Å². The van der Waals surface area contributed by atoms with Crippen LogP contribution in [0.4, 0.5) is 0 Å². The third kappa shape index (κ3) is 4.91. The van der Waals surface area contributed by atoms with Crippen molar-refractivity contribution >= 4 is 40.6 Å². The molecule has 0 aliphatic rings. The molecular weight excluding hydrogens is 328 g/mol. The molecule has 0 radical (unpaired) electrons. The Kier molecular flexibility index (Phi) is 5.90. The van der Waals surface area contributed by atoms with Gasteiger partial charge in [0, 0.05) is 33.3 Å². The van der Waals surface area contributed by atoms with Crippen molar-refractivity contribution in [2.75, 3.05) is 12.3 Å². The van der Waals surface area contributed by atoms with Gasteiger partial charge in [-0.2, -0.15) is 0 Å². The number of thioether (sulfide) groups is 1. The first-order valence-electron chi connectivity index (χ1n) is 6.36. The number of rotatable bonds is 6. The number of nitrogens with zero attached hydrogens (tertiary/aromatic N) is 1. The molecule has 0 spiro atoms. The number of carbonyl (C=O) groups excluding carboxylic acids is 1. The van der Waals surface area contributed by atoms with Crippen molar-refractivity contribution in [2.45, 2.75) is 18.4 Å². The number of halogens is 1. The standard InChI is InChI=1S/C14H15ClN2O2S2/c1-10-9-21-14(19)17(10)8-13(18)16-6-7-20-12-4-2-11(15)3-5-12/h2-5,9H,6-8H2,1H3,(H,16,18). The number of benzene rings is 1. The zero-order valence-corrected chi connectivity index (χ0v) is 13.9. The Morgan fingerprint density at radius 1 is 1.38 bits per heavy atom. The number of hydrogen-bond acceptors (Lipinski definition) is 4. The molecular formula is C14H15ClN2O2S2. The molecule has 1 amide bonds. The second-order valence-electron chi connectivity index (χ2n) is 4.38. The Bertz CT molecular complexity index is 664. The van der Waals surface area contributed by atoms with Crippen LogP contribution in [-0.4, -0.2) is 22.8 Å². The van der Waals surface area contributed by atoms with Crippen LogP contribution >= 0.6 is 34.7 Å². The summed E-state index contributed by atoms with van der Waals surface area (Å²) >= 11 is 8.57. The number of aromatic nitrogens is 1. The minimum absolute atomic E-state index is 0.0831. The predicted octanol–water partition coefficient (Wildman–Crippen LogP) is 2.78. The Balaban J connectivity index is 1.72. The molecule has 0 fully saturated rings. The molecule has 2 rings (SSSR count). The average molecular weight is 343 g/mol. The maximum Gasteiger partial charge on any atom is 0.307 e. The van der Waals surface area contributed by atoms with Gasteiger partial charge in [-0.3, -0.25) is 14.2 Å². The molecule has 0 saturated heterocycles. The van der Waals surface area contributed by atoms with Gasteiger partial charge in [0.15, 0.2) is 0 Å². The summed E-state index contributed by atoms with van der Waals surface area (Å²) in [7, 11) is 0. The van der Waals surface area contributed by atoms with Crippen LogP contribution in [0, 0.1) is 6.92 Å². The van der Waals surface area contributed by atoms with Gasteiger partial charge in [0.25, 0.3) is 0 Å². The highest BCUT2D eigenvalue weighted by Crippen LogP contribution is 2.19. The highest BCUT2D eigenvalue weighted by molar-refractivity contribution is 7.99. The SMILES string of the molecule is Cc1csc(=O)n1CC(=O)NCCSc1ccc(Cl)cc1. The quantitative estimate of drug-likeness (QED) is 0.648. The van der Waals surface area contributed by atoms with E-state index in [9.17, 15) is 9.59 Å². The summed E-state index contributed by atoms with van der Waals surface area (Å²) < 4.78 is 1.48. The van der Waals surface area contributed by atoms with E-state index in [2.05, 4.69) is 5.32 Å². The first kappa shape index (κ1) is 16.1. The van der Waals surface area contributed by atoms with E-state index in [4.69, 9.17) is 11.6 Å². The topological polar surface area (TPSA) is 51.1 Å². The zero-order valence-electron chi connectivity index (χ0n) is 11.5. The lowest BCUT2D eigenvalue weighted by Gasteiger charge is -2.07. The molecule has 1 aromatic heterocycles. The van der Waals surface area contributed by atoms with Gasteiger partial charge in [-0.1, -0.05) is 22.9 Å². The fourth-order valence-electron chi connectivity index (χ4n) is 1.69. The molecule has 21 heavy (non-hydrogen) atoms. The van der Waals surface area contributed by atoms with Crippen molar-refractivity contribution in [1.29, 1.82) is 0 Å². The highest BCUT2D eigenvalue weighted by Gasteiger charge is 2.07. The molecule has 0 saturated carbocycles. The summed E-state index contributed by atoms with van der Waals surface area (Å²) in [5.74, 6) is 0.626. The molecule has 2 aromatic rings. The van der Waals surface area contributed by atoms with Gasteiger partial charge in [0.1, 0.15) is 6.54 Å². The summed E-state index contributed by atoms with van der Waals surface area (Å²) in [6, 6.07) is 7.58. The summed E-state index contributed by atoms with van der Waals surface area (Å²) in [4.78, 5) is 24.3. The van der Waals surface area contributed by atoms with E-state index < -0.39 is 0 Å². The van der Waals surface area contributed by atoms with Crippen molar-refractivity contribution < 1.29 is 4.79 Å². The van der Waals surface area contributed by atoms with E-state index in [1.54, 1.807) is 17.1 Å². The number of amides is 1. The van der Waals surface area contributed by atoms with Gasteiger partial charge in [-0.15, -0.1) is 11.8 Å². The zero-order chi connectivity index (χ0) is 15.2. The van der Waals surface area contributed by atoms with Crippen LogP contribution in [-0.2, 0) is 11.3 Å². The van der Waals surface area contributed by atoms with Crippen molar-refractivity contribution in [3.63, 3.8) is 0 Å². The van der Waals surface area contributed by atoms with E-state index in [0.29, 0.717) is 11.6 Å². The third-order valence-corrected chi connectivity index (χ3v) is 4.93. The molecule has 1 heterocycles. The highest BCUT2D eigenvalue weighted by atomic mass is 35.5. The molecule has 0 bridgehead atoms. The lowest BCUT2D eigenvalue weighted by Crippen LogP contribution is -2.32. The van der Waals surface area contributed by atoms with Crippen LogP contribution in [0.1, 0.15) is 5.69 Å². The molecule has 1 aromatic carbocycles. The smallest absolute Gasteiger partial charge is 0.307 e. The Morgan fingerprint density at radius 3 is 2.71 bits per heavy atom. The van der Waals surface area contributed by atoms with Gasteiger partial charge >= 0.3 is 4.87 Å². The van der Waals surface area contributed by atoms with Gasteiger partial charge in [0.2, 0.25) is 5.91 Å². The Morgan fingerprint density at radius 2 is 2.10 bits per heavy atom. The van der Waals surface area contributed by atoms with Crippen molar-refractivity contribution in [3.05, 3.63) is 50.0 Å². The summed E-state index contributed by atoms with van der Waals surface area (Å²) in [6.45, 7) is 2.46. The normalized spacial score (nSPS) is 10.6. The van der Waals surface area contributed by atoms with E-state index >= 15 is 0 Å². The number of hydrogen-bond donors (Lipinski definition) is 1. The molecule has 112 valence electrons. The van der Waals surface area contributed by atoms with Gasteiger partial charge in [-0.25, -0.2) is 0 Å². The molecule has 0 aliphatic carbocycles. The van der Waals surface area contributed by atoms with Gasteiger partial charge in [0.05, 0.1) is 0 Å². The van der Waals surface area contributed by atoms with Crippen LogP contribution in [0.25, 0.3) is 0 Å². The third-order valence-electron chi connectivity index (χ3n) is 2.78. The number of nitrogens with one attached hydrogen (secondary N) is 1. The maximum absolute atomic E-state index is 11.8. The second kappa shape index (κ2) is 7.68. The Labute approximate surface area is 136 Å². The van der Waals surface area contributed by atoms with Crippen molar-refractivity contribution in [2.24, 2.45) is 0 Å². The van der Waals surface area contributed by atoms with Crippen molar-refractivity contribution in [3.8, 4) is 0 Å². The molecule has 0 atom stereocenters. The number of thiazole rings is 1. The fourth-order valence-corrected chi connectivity index (χ4v) is 3.31. The molecule has 0 aliphatic heterocycles. The maximum atomic E-state index is 11.8. The summed E-state index contributed by atoms with van der Waals surface area (Å²) in [5, 5.41) is 5.28. The molecule has 0 unspecified atom stereocenters. The number of aryl methyl sites for hydroxylation is 1. The second-order valence-corrected chi connectivity index (χ2v) is 6.81. The lowest BCUT2D eigenvalue weighted by molar-refractivity contribution is -0.121. The van der Waals surface area contributed by atoms with E-state index in [0.717, 1.165) is 27.7 Å². The first-order valence-corrected chi connectivity index (χ1v) is 8.60. The average Bonchev–Trinajstić information content (AvgIpc) is 2.77. The summed E-state index contributed by atoms with van der Waals surface area (Å²) in [6.07, 6.45) is 0. The minimum Gasteiger partial charge on any atom is -0.354 e. The van der Waals surface area contributed by atoms with E-state index in [1.807, 2.05) is 31.2 Å². The van der Waals surface area contributed by atoms with Crippen LogP contribution < -0.4 is 10.2 Å². The number of carbonyl (C=O) groups is 1. The van der Waals surface area contributed by atoms with Crippen LogP contribution in [0.5, 0.6) is 0 Å². The molecule has 1 N–H and O–H groups in total. The largest absolute Gasteiger partial charge is 0.354 e. The van der Waals surface area contributed by atoms with E-state index in [1.165, 1.54) is 4.57 Å². The minimum atomic E-state index is -0.143. The molecule has 4 nitrogen and oxygen atoms in total. The van der Waals surface area contributed by atoms with Crippen LogP contribution in [0.2, 0.25) is 5.02 Å². The van der Waals surface area contributed by atoms with E-state index in [-0.39, 0.29) is 17.3 Å². The van der Waals surface area contributed by atoms with Crippen LogP contribution in [0.3, 0.4) is 0 Å². The van der Waals surface area contributed by atoms with Crippen molar-refractivity contribution in [1.82, 2.24) is 9.88 Å². The molecule has 7 heteroatoms. The predicted molar refractivity (Wildman–Crippen MR) is 88.5 cm³/mol. The lowest BCUT2D eigenvalue weighted by atomic mass is 10.4.